The summed E-state index contributed by atoms with van der Waals surface area (Å²) in [7, 11) is 0. The second kappa shape index (κ2) is 7.66. The van der Waals surface area contributed by atoms with Crippen molar-refractivity contribution >= 4 is 23.2 Å². The number of anilines is 2. The van der Waals surface area contributed by atoms with Crippen LogP contribution in [0.3, 0.4) is 0 Å². The second-order valence-corrected chi connectivity index (χ2v) is 7.58. The number of likely N-dealkylation sites (tertiary alicyclic amines) is 1. The molecule has 0 aromatic heterocycles. The zero-order valence-electron chi connectivity index (χ0n) is 15.3. The number of carbonyl (C=O) groups excluding carboxylic acids is 2. The molecule has 1 aromatic rings. The van der Waals surface area contributed by atoms with Crippen molar-refractivity contribution in [3.63, 3.8) is 0 Å². The van der Waals surface area contributed by atoms with Gasteiger partial charge in [0.2, 0.25) is 5.91 Å². The molecular formula is C20H28N4O2. The highest BCUT2D eigenvalue weighted by atomic mass is 16.2. The molecule has 2 N–H and O–H groups in total. The highest BCUT2D eigenvalue weighted by Crippen LogP contribution is 2.36. The van der Waals surface area contributed by atoms with E-state index >= 15 is 0 Å². The highest BCUT2D eigenvalue weighted by Gasteiger charge is 2.34. The van der Waals surface area contributed by atoms with Gasteiger partial charge in [-0.3, -0.25) is 9.59 Å². The molecule has 0 bridgehead atoms. The van der Waals surface area contributed by atoms with Crippen LogP contribution in [0.15, 0.2) is 18.2 Å². The van der Waals surface area contributed by atoms with Crippen molar-refractivity contribution in [2.24, 2.45) is 0 Å². The first-order chi connectivity index (χ1) is 12.7. The first-order valence-corrected chi connectivity index (χ1v) is 9.94. The van der Waals surface area contributed by atoms with Gasteiger partial charge in [-0.2, -0.15) is 0 Å². The van der Waals surface area contributed by atoms with Gasteiger partial charge in [-0.1, -0.05) is 0 Å². The third-order valence-electron chi connectivity index (χ3n) is 5.77. The number of carbonyl (C=O) groups is 2. The van der Waals surface area contributed by atoms with Crippen molar-refractivity contribution < 1.29 is 9.59 Å². The van der Waals surface area contributed by atoms with Crippen LogP contribution in [-0.2, 0) is 4.79 Å². The Hall–Kier alpha value is -2.08. The van der Waals surface area contributed by atoms with E-state index in [0.29, 0.717) is 12.1 Å². The number of benzene rings is 1. The fraction of sp³-hybridized carbons (Fsp3) is 0.600. The van der Waals surface area contributed by atoms with Gasteiger partial charge in [0.15, 0.2) is 0 Å². The Morgan fingerprint density at radius 3 is 2.81 bits per heavy atom. The summed E-state index contributed by atoms with van der Waals surface area (Å²) in [4.78, 5) is 29.4. The average molecular weight is 356 g/mol. The lowest BCUT2D eigenvalue weighted by Crippen LogP contribution is -2.50. The SMILES string of the molecule is O=C(NCCCN1CCCC1)c1ccc2c(c1)NC(=O)[C@@H]1CCCCN21. The summed E-state index contributed by atoms with van der Waals surface area (Å²) >= 11 is 0. The molecule has 6 nitrogen and oxygen atoms in total. The van der Waals surface area contributed by atoms with Crippen LogP contribution in [-0.4, -0.2) is 55.5 Å². The van der Waals surface area contributed by atoms with Crippen molar-refractivity contribution in [3.05, 3.63) is 23.8 Å². The summed E-state index contributed by atoms with van der Waals surface area (Å²) in [6.45, 7) is 5.03. The van der Waals surface area contributed by atoms with Crippen LogP contribution in [0, 0.1) is 0 Å². The summed E-state index contributed by atoms with van der Waals surface area (Å²) < 4.78 is 0. The molecule has 2 fully saturated rings. The lowest BCUT2D eigenvalue weighted by molar-refractivity contribution is -0.118. The lowest BCUT2D eigenvalue weighted by atomic mass is 9.97. The maximum atomic E-state index is 12.4. The molecule has 2 amide bonds. The smallest absolute Gasteiger partial charge is 0.251 e. The molecular weight excluding hydrogens is 328 g/mol. The van der Waals surface area contributed by atoms with Crippen LogP contribution in [0.5, 0.6) is 0 Å². The van der Waals surface area contributed by atoms with E-state index in [9.17, 15) is 9.59 Å². The molecule has 26 heavy (non-hydrogen) atoms. The summed E-state index contributed by atoms with van der Waals surface area (Å²) in [6.07, 6.45) is 6.69. The molecule has 0 spiro atoms. The summed E-state index contributed by atoms with van der Waals surface area (Å²) in [5, 5.41) is 6.00. The van der Waals surface area contributed by atoms with Crippen LogP contribution >= 0.6 is 0 Å². The van der Waals surface area contributed by atoms with Gasteiger partial charge in [0, 0.05) is 18.7 Å². The molecule has 0 saturated carbocycles. The van der Waals surface area contributed by atoms with Gasteiger partial charge in [0.05, 0.1) is 11.4 Å². The Bertz CT molecular complexity index is 684. The van der Waals surface area contributed by atoms with E-state index in [1.807, 2.05) is 18.2 Å². The standard InChI is InChI=1S/C20H28N4O2/c25-19(21-9-5-12-23-10-3-4-11-23)15-7-8-17-16(14-15)22-20(26)18-6-1-2-13-24(17)18/h7-8,14,18H,1-6,9-13H2,(H,21,25)(H,22,26)/t18-/m0/s1. The normalized spacial score (nSPS) is 22.5. The summed E-state index contributed by atoms with van der Waals surface area (Å²) in [5.74, 6) is -0.00962. The Balaban J connectivity index is 1.36. The van der Waals surface area contributed by atoms with E-state index in [1.165, 1.54) is 25.9 Å². The average Bonchev–Trinajstić information content (AvgIpc) is 3.18. The fourth-order valence-electron chi connectivity index (χ4n) is 4.35. The van der Waals surface area contributed by atoms with Crippen LogP contribution in [0.1, 0.15) is 48.9 Å². The van der Waals surface area contributed by atoms with Crippen LogP contribution in [0.4, 0.5) is 11.4 Å². The van der Waals surface area contributed by atoms with Gasteiger partial charge >= 0.3 is 0 Å². The second-order valence-electron chi connectivity index (χ2n) is 7.58. The molecule has 1 aromatic carbocycles. The Kier molecular flexibility index (Phi) is 5.11. The number of piperidine rings is 1. The Morgan fingerprint density at radius 2 is 1.96 bits per heavy atom. The molecule has 0 radical (unpaired) electrons. The molecule has 3 aliphatic rings. The number of fused-ring (bicyclic) bond motifs is 3. The minimum atomic E-state index is -0.0655. The topological polar surface area (TPSA) is 64.7 Å². The quantitative estimate of drug-likeness (QED) is 0.794. The van der Waals surface area contributed by atoms with Gasteiger partial charge in [-0.25, -0.2) is 0 Å². The van der Waals surface area contributed by atoms with Crippen LogP contribution in [0.2, 0.25) is 0 Å². The molecule has 0 unspecified atom stereocenters. The van der Waals surface area contributed by atoms with Crippen molar-refractivity contribution in [1.82, 2.24) is 10.2 Å². The fourth-order valence-corrected chi connectivity index (χ4v) is 4.35. The molecule has 140 valence electrons. The molecule has 6 heteroatoms. The number of hydrogen-bond donors (Lipinski definition) is 2. The predicted molar refractivity (Wildman–Crippen MR) is 103 cm³/mol. The summed E-state index contributed by atoms with van der Waals surface area (Å²) in [6, 6.07) is 5.61. The van der Waals surface area contributed by atoms with E-state index in [1.54, 1.807) is 0 Å². The molecule has 3 aliphatic heterocycles. The van der Waals surface area contributed by atoms with E-state index in [4.69, 9.17) is 0 Å². The molecule has 0 aliphatic carbocycles. The van der Waals surface area contributed by atoms with Crippen molar-refractivity contribution in [2.45, 2.75) is 44.6 Å². The van der Waals surface area contributed by atoms with E-state index in [2.05, 4.69) is 20.4 Å². The van der Waals surface area contributed by atoms with Gasteiger partial charge in [0.1, 0.15) is 6.04 Å². The first kappa shape index (κ1) is 17.3. The van der Waals surface area contributed by atoms with Crippen LogP contribution in [0.25, 0.3) is 0 Å². The lowest BCUT2D eigenvalue weighted by Gasteiger charge is -2.41. The van der Waals surface area contributed by atoms with Crippen molar-refractivity contribution in [2.75, 3.05) is 42.9 Å². The van der Waals surface area contributed by atoms with Crippen LogP contribution < -0.4 is 15.5 Å². The maximum Gasteiger partial charge on any atom is 0.251 e. The first-order valence-electron chi connectivity index (χ1n) is 9.94. The number of nitrogens with one attached hydrogen (secondary N) is 2. The Labute approximate surface area is 154 Å². The van der Waals surface area contributed by atoms with E-state index < -0.39 is 0 Å². The van der Waals surface area contributed by atoms with E-state index in [-0.39, 0.29) is 17.9 Å². The third kappa shape index (κ3) is 3.56. The number of nitrogens with zero attached hydrogens (tertiary/aromatic N) is 2. The number of hydrogen-bond acceptors (Lipinski definition) is 4. The van der Waals surface area contributed by atoms with Gasteiger partial charge in [-0.05, 0) is 76.4 Å². The van der Waals surface area contributed by atoms with Crippen molar-refractivity contribution in [3.8, 4) is 0 Å². The zero-order valence-corrected chi connectivity index (χ0v) is 15.3. The molecule has 3 heterocycles. The molecule has 4 rings (SSSR count). The molecule has 1 atom stereocenters. The monoisotopic (exact) mass is 356 g/mol. The predicted octanol–water partition coefficient (Wildman–Crippen LogP) is 2.21. The third-order valence-corrected chi connectivity index (χ3v) is 5.77. The minimum absolute atomic E-state index is 0.0542. The number of amides is 2. The Morgan fingerprint density at radius 1 is 1.15 bits per heavy atom. The van der Waals surface area contributed by atoms with Gasteiger partial charge in [-0.15, -0.1) is 0 Å². The van der Waals surface area contributed by atoms with Gasteiger partial charge in [0.25, 0.3) is 5.91 Å². The highest BCUT2D eigenvalue weighted by molar-refractivity contribution is 6.05. The number of rotatable bonds is 5. The molecule has 2 saturated heterocycles. The largest absolute Gasteiger partial charge is 0.358 e. The zero-order chi connectivity index (χ0) is 17.9. The van der Waals surface area contributed by atoms with E-state index in [0.717, 1.165) is 50.1 Å². The van der Waals surface area contributed by atoms with Gasteiger partial charge < -0.3 is 20.4 Å². The maximum absolute atomic E-state index is 12.4. The minimum Gasteiger partial charge on any atom is -0.358 e. The summed E-state index contributed by atoms with van der Waals surface area (Å²) in [5.41, 5.74) is 2.42. The van der Waals surface area contributed by atoms with Crippen molar-refractivity contribution in [1.29, 1.82) is 0 Å².